The van der Waals surface area contributed by atoms with E-state index in [-0.39, 0.29) is 0 Å². The molecule has 13 aromatic rings. The van der Waals surface area contributed by atoms with Gasteiger partial charge in [0, 0.05) is 49.3 Å². The molecule has 0 fully saturated rings. The maximum atomic E-state index is 7.08. The molecule has 3 aromatic heterocycles. The van der Waals surface area contributed by atoms with Crippen molar-refractivity contribution in [2.24, 2.45) is 0 Å². The van der Waals surface area contributed by atoms with E-state index in [1.165, 1.54) is 65.9 Å². The predicted octanol–water partition coefficient (Wildman–Crippen LogP) is 16.4. The number of aromatic nitrogens is 2. The van der Waals surface area contributed by atoms with Crippen LogP contribution in [0.4, 0.5) is 0 Å². The van der Waals surface area contributed by atoms with Crippen LogP contribution in [-0.4, -0.2) is 9.13 Å². The molecule has 0 N–H and O–H groups in total. The zero-order chi connectivity index (χ0) is 41.4. The van der Waals surface area contributed by atoms with Crippen LogP contribution in [0.5, 0.6) is 0 Å². The van der Waals surface area contributed by atoms with Gasteiger partial charge >= 0.3 is 0 Å². The van der Waals surface area contributed by atoms with Crippen LogP contribution in [-0.2, 0) is 0 Å². The number of benzene rings is 10. The van der Waals surface area contributed by atoms with Gasteiger partial charge in [0.2, 0.25) is 0 Å². The lowest BCUT2D eigenvalue weighted by Gasteiger charge is -2.10. The molecule has 3 nitrogen and oxygen atoms in total. The Labute approximate surface area is 363 Å². The van der Waals surface area contributed by atoms with Gasteiger partial charge in [-0.05, 0) is 106 Å². The molecule has 10 aromatic carbocycles. The normalized spacial score (nSPS) is 11.8. The van der Waals surface area contributed by atoms with E-state index < -0.39 is 0 Å². The third-order valence-corrected chi connectivity index (χ3v) is 12.9. The van der Waals surface area contributed by atoms with Crippen molar-refractivity contribution in [3.8, 4) is 55.9 Å². The molecule has 3 heteroatoms. The Bertz CT molecular complexity index is 3880. The molecule has 0 aliphatic carbocycles. The number of furan rings is 1. The second-order valence-corrected chi connectivity index (χ2v) is 16.4. The molecule has 0 saturated carbocycles. The van der Waals surface area contributed by atoms with Gasteiger partial charge in [-0.25, -0.2) is 0 Å². The molecular formula is C60H38N2O. The lowest BCUT2D eigenvalue weighted by molar-refractivity contribution is 0.670. The fraction of sp³-hybridized carbons (Fsp3) is 0. The Morgan fingerprint density at radius 1 is 0.270 bits per heavy atom. The van der Waals surface area contributed by atoms with E-state index in [1.807, 2.05) is 0 Å². The molecule has 0 saturated heterocycles. The van der Waals surface area contributed by atoms with Crippen LogP contribution in [0.2, 0.25) is 0 Å². The molecule has 3 heterocycles. The summed E-state index contributed by atoms with van der Waals surface area (Å²) in [4.78, 5) is 0. The third kappa shape index (κ3) is 5.46. The van der Waals surface area contributed by atoms with E-state index in [0.29, 0.717) is 0 Å². The second kappa shape index (κ2) is 14.1. The number of para-hydroxylation sites is 3. The monoisotopic (exact) mass is 802 g/mol. The van der Waals surface area contributed by atoms with Crippen LogP contribution in [0.1, 0.15) is 0 Å². The number of fused-ring (bicyclic) bond motifs is 9. The Kier molecular flexibility index (Phi) is 7.91. The standard InChI is InChI=1S/C60H38N2O/c1-5-17-39(18-6-1)41-33-35-52-50(37-41)57-45(25-14-30-54(57)61(52)43-21-9-3-10-22-43)46-27-16-32-56-59(46)49-29-13-28-48(60(49)63-56)47-26-15-31-55-58(47)51-38-42(40-19-7-2-8-20-40)34-36-53(51)62(55)44-23-11-4-12-24-44/h1-38H. The van der Waals surface area contributed by atoms with Gasteiger partial charge in [-0.3, -0.25) is 0 Å². The van der Waals surface area contributed by atoms with Crippen LogP contribution in [0, 0.1) is 0 Å². The van der Waals surface area contributed by atoms with Crippen molar-refractivity contribution in [1.29, 1.82) is 0 Å². The molecular weight excluding hydrogens is 765 g/mol. The quantitative estimate of drug-likeness (QED) is 0.164. The van der Waals surface area contributed by atoms with E-state index in [1.54, 1.807) is 0 Å². The van der Waals surface area contributed by atoms with Crippen LogP contribution in [0.15, 0.2) is 235 Å². The average molecular weight is 803 g/mol. The topological polar surface area (TPSA) is 23.0 Å². The number of hydrogen-bond acceptors (Lipinski definition) is 1. The first-order valence-corrected chi connectivity index (χ1v) is 21.6. The van der Waals surface area contributed by atoms with Crippen molar-refractivity contribution in [2.45, 2.75) is 0 Å². The molecule has 0 radical (unpaired) electrons. The lowest BCUT2D eigenvalue weighted by Crippen LogP contribution is -1.93. The first-order chi connectivity index (χ1) is 31.3. The first kappa shape index (κ1) is 35.4. The van der Waals surface area contributed by atoms with Gasteiger partial charge in [0.1, 0.15) is 11.2 Å². The van der Waals surface area contributed by atoms with Gasteiger partial charge in [0.05, 0.1) is 22.1 Å². The summed E-state index contributed by atoms with van der Waals surface area (Å²) in [5.74, 6) is 0. The van der Waals surface area contributed by atoms with Crippen LogP contribution in [0.3, 0.4) is 0 Å². The summed E-state index contributed by atoms with van der Waals surface area (Å²) in [5, 5.41) is 7.06. The Balaban J connectivity index is 1.08. The summed E-state index contributed by atoms with van der Waals surface area (Å²) < 4.78 is 11.9. The van der Waals surface area contributed by atoms with Gasteiger partial charge in [-0.2, -0.15) is 0 Å². The van der Waals surface area contributed by atoms with E-state index in [4.69, 9.17) is 4.42 Å². The minimum absolute atomic E-state index is 0.869. The fourth-order valence-electron chi connectivity index (χ4n) is 10.2. The molecule has 0 bridgehead atoms. The maximum Gasteiger partial charge on any atom is 0.143 e. The largest absolute Gasteiger partial charge is 0.455 e. The van der Waals surface area contributed by atoms with Gasteiger partial charge in [-0.1, -0.05) is 164 Å². The Morgan fingerprint density at radius 3 is 1.22 bits per heavy atom. The molecule has 0 amide bonds. The summed E-state index contributed by atoms with van der Waals surface area (Å²) in [6.07, 6.45) is 0. The molecule has 294 valence electrons. The summed E-state index contributed by atoms with van der Waals surface area (Å²) in [6, 6.07) is 83.2. The van der Waals surface area contributed by atoms with E-state index in [0.717, 1.165) is 55.5 Å². The van der Waals surface area contributed by atoms with Crippen LogP contribution >= 0.6 is 0 Å². The highest BCUT2D eigenvalue weighted by atomic mass is 16.3. The summed E-state index contributed by atoms with van der Waals surface area (Å²) >= 11 is 0. The smallest absolute Gasteiger partial charge is 0.143 e. The number of hydrogen-bond donors (Lipinski definition) is 0. The SMILES string of the molecule is c1ccc(-c2ccc3c(c2)c2c(-c4cccc5c4oc4cccc(-c6cccc7c6c6cc(-c8ccccc8)ccc6n7-c6ccccc6)c45)cccc2n3-c2ccccc2)cc1. The van der Waals surface area contributed by atoms with Gasteiger partial charge in [-0.15, -0.1) is 0 Å². The molecule has 0 unspecified atom stereocenters. The van der Waals surface area contributed by atoms with Crippen molar-refractivity contribution in [3.05, 3.63) is 231 Å². The first-order valence-electron chi connectivity index (χ1n) is 21.6. The van der Waals surface area contributed by atoms with Gasteiger partial charge in [0.15, 0.2) is 0 Å². The lowest BCUT2D eigenvalue weighted by atomic mass is 9.93. The molecule has 0 atom stereocenters. The van der Waals surface area contributed by atoms with Crippen LogP contribution < -0.4 is 0 Å². The highest BCUT2D eigenvalue weighted by molar-refractivity contribution is 6.24. The molecule has 63 heavy (non-hydrogen) atoms. The minimum atomic E-state index is 0.869. The second-order valence-electron chi connectivity index (χ2n) is 16.4. The molecule has 0 aliphatic rings. The Hall–Kier alpha value is -8.40. The van der Waals surface area contributed by atoms with Gasteiger partial charge in [0.25, 0.3) is 0 Å². The van der Waals surface area contributed by atoms with Crippen molar-refractivity contribution in [1.82, 2.24) is 9.13 Å². The van der Waals surface area contributed by atoms with Crippen molar-refractivity contribution in [2.75, 3.05) is 0 Å². The maximum absolute atomic E-state index is 7.08. The number of rotatable bonds is 6. The Morgan fingerprint density at radius 2 is 0.698 bits per heavy atom. The van der Waals surface area contributed by atoms with Crippen molar-refractivity contribution < 1.29 is 4.42 Å². The van der Waals surface area contributed by atoms with Crippen molar-refractivity contribution in [3.63, 3.8) is 0 Å². The molecule has 13 rings (SSSR count). The highest BCUT2D eigenvalue weighted by Gasteiger charge is 2.23. The molecule has 0 spiro atoms. The highest BCUT2D eigenvalue weighted by Crippen LogP contribution is 2.47. The summed E-state index contributed by atoms with van der Waals surface area (Å²) in [5.41, 5.74) is 18.0. The predicted molar refractivity (Wildman–Crippen MR) is 264 cm³/mol. The molecule has 0 aliphatic heterocycles. The summed E-state index contributed by atoms with van der Waals surface area (Å²) in [6.45, 7) is 0. The zero-order valence-electron chi connectivity index (χ0n) is 34.2. The van der Waals surface area contributed by atoms with E-state index >= 15 is 0 Å². The summed E-state index contributed by atoms with van der Waals surface area (Å²) in [7, 11) is 0. The zero-order valence-corrected chi connectivity index (χ0v) is 34.2. The van der Waals surface area contributed by atoms with E-state index in [9.17, 15) is 0 Å². The third-order valence-electron chi connectivity index (χ3n) is 12.9. The van der Waals surface area contributed by atoms with E-state index in [2.05, 4.69) is 240 Å². The van der Waals surface area contributed by atoms with Crippen molar-refractivity contribution >= 4 is 65.6 Å². The minimum Gasteiger partial charge on any atom is -0.455 e. The fourth-order valence-corrected chi connectivity index (χ4v) is 10.2. The van der Waals surface area contributed by atoms with Crippen LogP contribution in [0.25, 0.3) is 121 Å². The average Bonchev–Trinajstić information content (AvgIpc) is 4.02. The van der Waals surface area contributed by atoms with Gasteiger partial charge < -0.3 is 13.6 Å². The number of nitrogens with zero attached hydrogens (tertiary/aromatic N) is 2.